The van der Waals surface area contributed by atoms with Crippen LogP contribution in [-0.2, 0) is 16.1 Å². The summed E-state index contributed by atoms with van der Waals surface area (Å²) in [5.41, 5.74) is 1.00. The van der Waals surface area contributed by atoms with Gasteiger partial charge in [-0.25, -0.2) is 0 Å². The number of piperidine rings is 1. The van der Waals surface area contributed by atoms with Crippen molar-refractivity contribution in [3.63, 3.8) is 0 Å². The number of amides is 1. The molecule has 1 amide bonds. The van der Waals surface area contributed by atoms with Gasteiger partial charge in [-0.2, -0.15) is 0 Å². The molecule has 0 aromatic heterocycles. The van der Waals surface area contributed by atoms with Gasteiger partial charge in [0.15, 0.2) is 0 Å². The van der Waals surface area contributed by atoms with Crippen molar-refractivity contribution in [1.82, 2.24) is 10.2 Å². The molecule has 1 saturated heterocycles. The summed E-state index contributed by atoms with van der Waals surface area (Å²) in [5, 5.41) is 4.36. The highest BCUT2D eigenvalue weighted by Crippen LogP contribution is 2.30. The number of hydrogen-bond acceptors (Lipinski definition) is 3. The number of hydrogen-bond donors (Lipinski definition) is 1. The average molecular weight is 357 g/mol. The first kappa shape index (κ1) is 17.0. The van der Waals surface area contributed by atoms with Crippen LogP contribution in [0.15, 0.2) is 18.2 Å². The van der Waals surface area contributed by atoms with E-state index >= 15 is 0 Å². The van der Waals surface area contributed by atoms with E-state index < -0.39 is 0 Å². The third-order valence-corrected chi connectivity index (χ3v) is 5.11. The van der Waals surface area contributed by atoms with Crippen LogP contribution in [0.4, 0.5) is 0 Å². The summed E-state index contributed by atoms with van der Waals surface area (Å²) < 4.78 is 5.81. The van der Waals surface area contributed by atoms with Crippen LogP contribution in [0, 0.1) is 0 Å². The zero-order valence-corrected chi connectivity index (χ0v) is 14.6. The van der Waals surface area contributed by atoms with Crippen LogP contribution in [0.5, 0.6) is 0 Å². The second-order valence-electron chi connectivity index (χ2n) is 6.26. The van der Waals surface area contributed by atoms with Gasteiger partial charge in [0.1, 0.15) is 6.61 Å². The van der Waals surface area contributed by atoms with Crippen molar-refractivity contribution < 1.29 is 9.53 Å². The average Bonchev–Trinajstić information content (AvgIpc) is 3.39. The number of carbonyl (C=O) groups excluding carboxylic acids is 1. The fraction of sp³-hybridized carbons (Fsp3) is 0.588. The number of benzene rings is 1. The molecule has 0 unspecified atom stereocenters. The molecular formula is C17H22Cl2N2O2. The highest BCUT2D eigenvalue weighted by Gasteiger charge is 2.33. The van der Waals surface area contributed by atoms with Gasteiger partial charge in [-0.1, -0.05) is 29.3 Å². The smallest absolute Gasteiger partial charge is 0.249 e. The Morgan fingerprint density at radius 1 is 1.17 bits per heavy atom. The van der Waals surface area contributed by atoms with Crippen molar-refractivity contribution in [2.45, 2.75) is 44.4 Å². The Morgan fingerprint density at radius 3 is 2.57 bits per heavy atom. The molecule has 1 aromatic rings. The molecule has 1 N–H and O–H groups in total. The molecule has 3 rings (SSSR count). The highest BCUT2D eigenvalue weighted by molar-refractivity contribution is 6.42. The minimum atomic E-state index is 0.0668. The fourth-order valence-electron chi connectivity index (χ4n) is 2.88. The van der Waals surface area contributed by atoms with E-state index in [9.17, 15) is 4.79 Å². The van der Waals surface area contributed by atoms with E-state index in [1.165, 1.54) is 0 Å². The zero-order chi connectivity index (χ0) is 16.2. The molecule has 126 valence electrons. The van der Waals surface area contributed by atoms with Crippen molar-refractivity contribution in [2.24, 2.45) is 0 Å². The molecule has 4 nitrogen and oxygen atoms in total. The van der Waals surface area contributed by atoms with E-state index in [1.54, 1.807) is 6.07 Å². The Morgan fingerprint density at radius 2 is 1.91 bits per heavy atom. The topological polar surface area (TPSA) is 41.6 Å². The van der Waals surface area contributed by atoms with Crippen LogP contribution >= 0.6 is 23.2 Å². The summed E-state index contributed by atoms with van der Waals surface area (Å²) in [6, 6.07) is 5.87. The second-order valence-corrected chi connectivity index (χ2v) is 7.08. The van der Waals surface area contributed by atoms with E-state index in [1.807, 2.05) is 17.0 Å². The molecule has 1 aromatic carbocycles. The molecular weight excluding hydrogens is 335 g/mol. The van der Waals surface area contributed by atoms with Gasteiger partial charge in [0.05, 0.1) is 16.1 Å². The molecule has 0 spiro atoms. The van der Waals surface area contributed by atoms with Gasteiger partial charge in [0.2, 0.25) is 5.91 Å². The summed E-state index contributed by atoms with van der Waals surface area (Å²) in [6.07, 6.45) is 4.29. The number of halogens is 2. The molecule has 6 heteroatoms. The van der Waals surface area contributed by atoms with Gasteiger partial charge in [0, 0.05) is 12.6 Å². The normalized spacial score (nSPS) is 18.9. The minimum Gasteiger partial charge on any atom is -0.368 e. The van der Waals surface area contributed by atoms with Gasteiger partial charge in [-0.15, -0.1) is 0 Å². The molecule has 1 saturated carbocycles. The van der Waals surface area contributed by atoms with Crippen LogP contribution in [0.3, 0.4) is 0 Å². The maximum atomic E-state index is 12.5. The van der Waals surface area contributed by atoms with E-state index in [-0.39, 0.29) is 18.6 Å². The zero-order valence-electron chi connectivity index (χ0n) is 13.1. The second kappa shape index (κ2) is 7.84. The first-order valence-electron chi connectivity index (χ1n) is 8.19. The summed E-state index contributed by atoms with van der Waals surface area (Å²) in [5.74, 6) is 0.0668. The number of nitrogens with one attached hydrogen (secondary N) is 1. The number of carbonyl (C=O) groups is 1. The summed E-state index contributed by atoms with van der Waals surface area (Å²) in [7, 11) is 0. The summed E-state index contributed by atoms with van der Waals surface area (Å²) in [6.45, 7) is 2.67. The Balaban J connectivity index is 1.57. The van der Waals surface area contributed by atoms with Crippen molar-refractivity contribution >= 4 is 29.1 Å². The van der Waals surface area contributed by atoms with Crippen LogP contribution in [-0.4, -0.2) is 42.6 Å². The summed E-state index contributed by atoms with van der Waals surface area (Å²) >= 11 is 12.0. The Hall–Kier alpha value is -0.810. The summed E-state index contributed by atoms with van der Waals surface area (Å²) in [4.78, 5) is 14.5. The fourth-order valence-corrected chi connectivity index (χ4v) is 3.20. The van der Waals surface area contributed by atoms with Gasteiger partial charge < -0.3 is 15.0 Å². The molecule has 23 heavy (non-hydrogen) atoms. The van der Waals surface area contributed by atoms with Crippen molar-refractivity contribution in [1.29, 1.82) is 0 Å². The van der Waals surface area contributed by atoms with E-state index in [4.69, 9.17) is 27.9 Å². The molecule has 0 atom stereocenters. The third kappa shape index (κ3) is 4.83. The van der Waals surface area contributed by atoms with Crippen LogP contribution in [0.2, 0.25) is 10.0 Å². The van der Waals surface area contributed by atoms with Crippen molar-refractivity contribution in [2.75, 3.05) is 19.7 Å². The lowest BCUT2D eigenvalue weighted by Gasteiger charge is -2.26. The quantitative estimate of drug-likeness (QED) is 0.850. The highest BCUT2D eigenvalue weighted by atomic mass is 35.5. The van der Waals surface area contributed by atoms with E-state index in [0.717, 1.165) is 44.3 Å². The van der Waals surface area contributed by atoms with Crippen LogP contribution in [0.1, 0.15) is 31.2 Å². The monoisotopic (exact) mass is 356 g/mol. The van der Waals surface area contributed by atoms with Crippen LogP contribution in [0.25, 0.3) is 0 Å². The van der Waals surface area contributed by atoms with Gasteiger partial charge in [-0.05, 0) is 56.5 Å². The SMILES string of the molecule is O=C(COC1CCNCC1)N(Cc1ccc(Cl)c(Cl)c1)C1CC1. The third-order valence-electron chi connectivity index (χ3n) is 4.37. The first-order valence-corrected chi connectivity index (χ1v) is 8.95. The molecule has 1 aliphatic carbocycles. The Bertz CT molecular complexity index is 558. The predicted octanol–water partition coefficient (Wildman–Crippen LogP) is 3.25. The lowest BCUT2D eigenvalue weighted by Crippen LogP contribution is -2.38. The maximum Gasteiger partial charge on any atom is 0.249 e. The minimum absolute atomic E-state index is 0.0668. The van der Waals surface area contributed by atoms with Gasteiger partial charge >= 0.3 is 0 Å². The molecule has 2 fully saturated rings. The Kier molecular flexibility index (Phi) is 5.81. The maximum absolute atomic E-state index is 12.5. The number of ether oxygens (including phenoxy) is 1. The number of rotatable bonds is 6. The molecule has 0 radical (unpaired) electrons. The van der Waals surface area contributed by atoms with Crippen LogP contribution < -0.4 is 5.32 Å². The molecule has 1 heterocycles. The standard InChI is InChI=1S/C17H22Cl2N2O2/c18-15-4-1-12(9-16(15)19)10-21(13-2-3-13)17(22)11-23-14-5-7-20-8-6-14/h1,4,9,13-14,20H,2-3,5-8,10-11H2. The molecule has 1 aliphatic heterocycles. The van der Waals surface area contributed by atoms with Gasteiger partial charge in [0.25, 0.3) is 0 Å². The van der Waals surface area contributed by atoms with E-state index in [0.29, 0.717) is 22.6 Å². The lowest BCUT2D eigenvalue weighted by atomic mass is 10.1. The lowest BCUT2D eigenvalue weighted by molar-refractivity contribution is -0.140. The molecule has 2 aliphatic rings. The van der Waals surface area contributed by atoms with E-state index in [2.05, 4.69) is 5.32 Å². The predicted molar refractivity (Wildman–Crippen MR) is 91.9 cm³/mol. The largest absolute Gasteiger partial charge is 0.368 e. The van der Waals surface area contributed by atoms with Gasteiger partial charge in [-0.3, -0.25) is 4.79 Å². The number of nitrogens with zero attached hydrogens (tertiary/aromatic N) is 1. The Labute approximate surface area is 147 Å². The van der Waals surface area contributed by atoms with Crippen molar-refractivity contribution in [3.8, 4) is 0 Å². The van der Waals surface area contributed by atoms with Crippen molar-refractivity contribution in [3.05, 3.63) is 33.8 Å². The molecule has 0 bridgehead atoms. The first-order chi connectivity index (χ1) is 11.1.